The van der Waals surface area contributed by atoms with Crippen LogP contribution in [0.25, 0.3) is 11.3 Å². The van der Waals surface area contributed by atoms with Crippen LogP contribution in [-0.4, -0.2) is 185 Å². The number of aromatic nitrogens is 3. The number of hydrogen-bond donors (Lipinski definition) is 7. The van der Waals surface area contributed by atoms with Crippen molar-refractivity contribution in [3.63, 3.8) is 0 Å². The molecular formula is C53H90N6O14. The van der Waals surface area contributed by atoms with E-state index in [0.717, 1.165) is 30.4 Å². The highest BCUT2D eigenvalue weighted by Crippen LogP contribution is 2.40. The molecule has 3 aliphatic rings. The first-order valence-electron chi connectivity index (χ1n) is 26.5. The van der Waals surface area contributed by atoms with Gasteiger partial charge in [0.25, 0.3) is 0 Å². The molecule has 1 aromatic carbocycles. The Labute approximate surface area is 432 Å². The van der Waals surface area contributed by atoms with Crippen LogP contribution in [0.15, 0.2) is 30.5 Å². The van der Waals surface area contributed by atoms with Crippen molar-refractivity contribution in [2.45, 2.75) is 230 Å². The molecule has 18 atom stereocenters. The molecule has 0 unspecified atom stereocenters. The standard InChI is InChI=1S/C53H90N6O14/c1-14-41-53(10,66)46(62)35(6)58(29-37-20-22-38(23-21-37)39-30-59(56-54-39)24-18-16-15-17-19-42(60)55-67)28-31(2)26-51(8,65)48(73-50-44(61)40(57(11)12)25-32(3)69-50)33(4)45(34(5)49(64)71-41)72-43-27-52(9,68-13)47(63)36(7)70-43/h20-23,30-36,40-41,43-48,50,61-63,65-67H,14-19,24-29H2,1-13H3,(H,55,60)/t31-,32-,33+,34-,35+,36-,40+,41-,43-,44-,45+,46-,47-,48-,50+,51+,52+,53-/m0/s1. The lowest BCUT2D eigenvalue weighted by molar-refractivity contribution is -0.318. The van der Waals surface area contributed by atoms with Crippen LogP contribution in [0, 0.1) is 17.8 Å². The van der Waals surface area contributed by atoms with Gasteiger partial charge in [-0.15, -0.1) is 5.10 Å². The minimum atomic E-state index is -1.93. The summed E-state index contributed by atoms with van der Waals surface area (Å²) in [6.07, 6.45) is -3.60. The number of hydrogen-bond acceptors (Lipinski definition) is 18. The highest BCUT2D eigenvalue weighted by molar-refractivity contribution is 5.74. The van der Waals surface area contributed by atoms with Gasteiger partial charge in [0, 0.05) is 63.2 Å². The maximum atomic E-state index is 14.7. The summed E-state index contributed by atoms with van der Waals surface area (Å²) in [5.74, 6) is -3.28. The van der Waals surface area contributed by atoms with Crippen molar-refractivity contribution in [1.29, 1.82) is 0 Å². The Morgan fingerprint density at radius 3 is 2.23 bits per heavy atom. The summed E-state index contributed by atoms with van der Waals surface area (Å²) >= 11 is 0. The molecular weight excluding hydrogens is 945 g/mol. The van der Waals surface area contributed by atoms with Gasteiger partial charge in [0.2, 0.25) is 5.91 Å². The number of carbonyl (C=O) groups is 2. The third-order valence-corrected chi connectivity index (χ3v) is 15.9. The van der Waals surface area contributed by atoms with Gasteiger partial charge in [0.15, 0.2) is 12.6 Å². The SMILES string of the molecule is CC[C@@H]1OC(=O)[C@@H](C)[C@H](O[C@H]2C[C@@](C)(OC)[C@@H](O)[C@H](C)O2)[C@@H](C)[C@H](O[C@H]2O[C@@H](C)C[C@@H](N(C)C)[C@@H]2O)[C@](C)(O)C[C@H](C)CN(Cc2ccc(-c3cn(CCCCCCC(=O)NO)nn3)cc2)[C@H](C)[C@H](O)[C@@]1(C)O. The Morgan fingerprint density at radius 1 is 0.932 bits per heavy atom. The third kappa shape index (κ3) is 15.3. The number of aliphatic hydroxyl groups is 5. The number of likely N-dealkylation sites (N-methyl/N-ethyl adjacent to an activating group) is 1. The van der Waals surface area contributed by atoms with Crippen LogP contribution < -0.4 is 5.48 Å². The quantitative estimate of drug-likeness (QED) is 0.0507. The molecule has 20 heteroatoms. The molecule has 0 bridgehead atoms. The zero-order chi connectivity index (χ0) is 54.2. The summed E-state index contributed by atoms with van der Waals surface area (Å²) in [7, 11) is 5.27. The van der Waals surface area contributed by atoms with Gasteiger partial charge in [-0.05, 0) is 106 Å². The number of ether oxygens (including phenoxy) is 6. The van der Waals surface area contributed by atoms with E-state index >= 15 is 0 Å². The first-order chi connectivity index (χ1) is 34.3. The molecule has 73 heavy (non-hydrogen) atoms. The van der Waals surface area contributed by atoms with E-state index in [2.05, 4.69) is 15.2 Å². The molecule has 3 fully saturated rings. The van der Waals surface area contributed by atoms with E-state index in [1.54, 1.807) is 44.8 Å². The van der Waals surface area contributed by atoms with Crippen LogP contribution in [-0.2, 0) is 51.1 Å². The molecule has 0 aliphatic carbocycles. The van der Waals surface area contributed by atoms with Crippen molar-refractivity contribution in [2.24, 2.45) is 17.8 Å². The van der Waals surface area contributed by atoms with Gasteiger partial charge in [-0.25, -0.2) is 5.48 Å². The highest BCUT2D eigenvalue weighted by atomic mass is 16.7. The molecule has 3 saturated heterocycles. The fraction of sp³-hybridized carbons (Fsp3) is 0.811. The molecule has 416 valence electrons. The second kappa shape index (κ2) is 26.2. The fourth-order valence-corrected chi connectivity index (χ4v) is 11.3. The van der Waals surface area contributed by atoms with Crippen LogP contribution in [0.4, 0.5) is 0 Å². The van der Waals surface area contributed by atoms with Crippen molar-refractivity contribution in [3.8, 4) is 11.3 Å². The molecule has 3 aliphatic heterocycles. The van der Waals surface area contributed by atoms with Gasteiger partial charge in [-0.1, -0.05) is 63.1 Å². The molecule has 0 saturated carbocycles. The monoisotopic (exact) mass is 1030 g/mol. The number of aryl methyl sites for hydroxylation is 1. The first-order valence-corrected chi connectivity index (χ1v) is 26.5. The molecule has 2 aromatic rings. The van der Waals surface area contributed by atoms with E-state index in [1.807, 2.05) is 77.2 Å². The number of rotatable bonds is 17. The predicted molar refractivity (Wildman–Crippen MR) is 270 cm³/mol. The molecule has 0 radical (unpaired) electrons. The van der Waals surface area contributed by atoms with E-state index < -0.39 is 96.0 Å². The van der Waals surface area contributed by atoms with Crippen LogP contribution in [0.2, 0.25) is 0 Å². The van der Waals surface area contributed by atoms with Crippen molar-refractivity contribution in [3.05, 3.63) is 36.0 Å². The fourth-order valence-electron chi connectivity index (χ4n) is 11.3. The lowest BCUT2D eigenvalue weighted by Crippen LogP contribution is -2.60. The van der Waals surface area contributed by atoms with Crippen molar-refractivity contribution >= 4 is 11.9 Å². The minimum Gasteiger partial charge on any atom is -0.459 e. The summed E-state index contributed by atoms with van der Waals surface area (Å²) in [4.78, 5) is 29.9. The van der Waals surface area contributed by atoms with E-state index in [9.17, 15) is 35.1 Å². The topological polar surface area (TPSA) is 260 Å². The second-order valence-corrected chi connectivity index (χ2v) is 22.4. The minimum absolute atomic E-state index is 0.0982. The maximum Gasteiger partial charge on any atom is 0.311 e. The number of hydroxylamine groups is 1. The molecule has 4 heterocycles. The number of benzene rings is 1. The number of esters is 1. The lowest BCUT2D eigenvalue weighted by atomic mass is 9.77. The Kier molecular flexibility index (Phi) is 21.8. The van der Waals surface area contributed by atoms with Crippen molar-refractivity contribution < 1.29 is 68.8 Å². The average molecular weight is 1040 g/mol. The number of methoxy groups -OCH3 is 1. The summed E-state index contributed by atoms with van der Waals surface area (Å²) in [5.41, 5.74) is -0.522. The van der Waals surface area contributed by atoms with E-state index in [1.165, 1.54) is 14.0 Å². The van der Waals surface area contributed by atoms with Gasteiger partial charge >= 0.3 is 5.97 Å². The Hall–Kier alpha value is -3.22. The van der Waals surface area contributed by atoms with Gasteiger partial charge in [-0.2, -0.15) is 0 Å². The Balaban J connectivity index is 1.48. The zero-order valence-corrected chi connectivity index (χ0v) is 45.7. The van der Waals surface area contributed by atoms with Gasteiger partial charge in [0.05, 0.1) is 47.7 Å². The number of cyclic esters (lactones) is 1. The predicted octanol–water partition coefficient (Wildman–Crippen LogP) is 4.19. The second-order valence-electron chi connectivity index (χ2n) is 22.4. The summed E-state index contributed by atoms with van der Waals surface area (Å²) in [6, 6.07) is 6.88. The van der Waals surface area contributed by atoms with Gasteiger partial charge in [0.1, 0.15) is 35.7 Å². The van der Waals surface area contributed by atoms with E-state index in [-0.39, 0.29) is 49.7 Å². The number of amides is 1. The molecule has 7 N–H and O–H groups in total. The number of unbranched alkanes of at least 4 members (excludes halogenated alkanes) is 3. The zero-order valence-electron chi connectivity index (χ0n) is 45.7. The highest BCUT2D eigenvalue weighted by Gasteiger charge is 2.53. The van der Waals surface area contributed by atoms with Crippen LogP contribution >= 0.6 is 0 Å². The number of nitrogens with zero attached hydrogens (tertiary/aromatic N) is 5. The van der Waals surface area contributed by atoms with E-state index in [4.69, 9.17) is 33.6 Å². The molecule has 5 rings (SSSR count). The number of carbonyl (C=O) groups excluding carboxylic acids is 2. The van der Waals surface area contributed by atoms with Gasteiger partial charge in [-0.3, -0.25) is 24.4 Å². The summed E-state index contributed by atoms with van der Waals surface area (Å²) in [5, 5.41) is 77.9. The van der Waals surface area contributed by atoms with Gasteiger partial charge < -0.3 is 58.9 Å². The average Bonchev–Trinajstić information content (AvgIpc) is 3.82. The summed E-state index contributed by atoms with van der Waals surface area (Å²) in [6.45, 7) is 19.0. The van der Waals surface area contributed by atoms with Crippen molar-refractivity contribution in [2.75, 3.05) is 27.7 Å². The van der Waals surface area contributed by atoms with Crippen molar-refractivity contribution in [1.82, 2.24) is 30.3 Å². The van der Waals surface area contributed by atoms with Crippen LogP contribution in [0.1, 0.15) is 133 Å². The van der Waals surface area contributed by atoms with Crippen LogP contribution in [0.3, 0.4) is 0 Å². The van der Waals surface area contributed by atoms with E-state index in [0.29, 0.717) is 38.2 Å². The smallest absolute Gasteiger partial charge is 0.311 e. The summed E-state index contributed by atoms with van der Waals surface area (Å²) < 4.78 is 40.1. The third-order valence-electron chi connectivity index (χ3n) is 15.9. The Bertz CT molecular complexity index is 2030. The number of nitrogens with one attached hydrogen (secondary N) is 1. The largest absolute Gasteiger partial charge is 0.459 e. The molecule has 1 amide bonds. The lowest BCUT2D eigenvalue weighted by Gasteiger charge is -2.48. The molecule has 1 aromatic heterocycles. The van der Waals surface area contributed by atoms with Crippen LogP contribution in [0.5, 0.6) is 0 Å². The molecule has 20 nitrogen and oxygen atoms in total. The normalized spacial score (nSPS) is 38.6. The maximum absolute atomic E-state index is 14.7. The Morgan fingerprint density at radius 2 is 1.60 bits per heavy atom. The first kappa shape index (κ1) is 60.6. The number of aliphatic hydroxyl groups excluding tert-OH is 3. The molecule has 0 spiro atoms.